The Bertz CT molecular complexity index is 1120. The summed E-state index contributed by atoms with van der Waals surface area (Å²) < 4.78 is 39.1. The lowest BCUT2D eigenvalue weighted by Crippen LogP contribution is -2.25. The zero-order chi connectivity index (χ0) is 23.5. The topological polar surface area (TPSA) is 124 Å². The standard InChI is InChI=1S/C21H19F3N6O2/c1-11(12(2)31)28-17-9-16(19(25)32)29-20(30-17)18(14-7-8-26-27-10-14)13-3-5-15(6-4-13)21(22,23)24/h3-11,18H,1-2H3,(H2,25,32)(H,28,29,30)/t11-,18?/m0/s1. The maximum Gasteiger partial charge on any atom is 0.416 e. The summed E-state index contributed by atoms with van der Waals surface area (Å²) in [6.45, 7) is 3.01. The number of Topliss-reactive ketones (excluding diaryl/α,β-unsaturated/α-hetero) is 1. The van der Waals surface area contributed by atoms with Crippen LogP contribution in [0.2, 0.25) is 0 Å². The number of nitrogens with zero attached hydrogens (tertiary/aromatic N) is 4. The highest BCUT2D eigenvalue weighted by molar-refractivity contribution is 5.91. The molecule has 0 radical (unpaired) electrons. The lowest BCUT2D eigenvalue weighted by Gasteiger charge is -2.19. The number of nitrogens with one attached hydrogen (secondary N) is 1. The van der Waals surface area contributed by atoms with Crippen LogP contribution >= 0.6 is 0 Å². The van der Waals surface area contributed by atoms with Crippen LogP contribution in [0.5, 0.6) is 0 Å². The van der Waals surface area contributed by atoms with Crippen molar-refractivity contribution in [1.82, 2.24) is 20.2 Å². The lowest BCUT2D eigenvalue weighted by atomic mass is 9.91. The Balaban J connectivity index is 2.15. The fraction of sp³-hybridized carbons (Fsp3) is 0.238. The Kier molecular flexibility index (Phi) is 6.47. The molecule has 1 amide bonds. The summed E-state index contributed by atoms with van der Waals surface area (Å²) in [4.78, 5) is 32.1. The second-order valence-corrected chi connectivity index (χ2v) is 7.07. The molecule has 0 spiro atoms. The molecule has 1 unspecified atom stereocenters. The normalized spacial score (nSPS) is 13.3. The van der Waals surface area contributed by atoms with Gasteiger partial charge in [0.05, 0.1) is 23.7 Å². The molecule has 3 aromatic rings. The van der Waals surface area contributed by atoms with Gasteiger partial charge < -0.3 is 11.1 Å². The summed E-state index contributed by atoms with van der Waals surface area (Å²) in [5, 5.41) is 10.4. The zero-order valence-corrected chi connectivity index (χ0v) is 17.1. The van der Waals surface area contributed by atoms with Crippen molar-refractivity contribution in [2.75, 3.05) is 5.32 Å². The summed E-state index contributed by atoms with van der Waals surface area (Å²) in [6, 6.07) is 6.82. The van der Waals surface area contributed by atoms with Crippen molar-refractivity contribution >= 4 is 17.5 Å². The molecule has 8 nitrogen and oxygen atoms in total. The van der Waals surface area contributed by atoms with Crippen molar-refractivity contribution in [3.8, 4) is 0 Å². The molecule has 3 N–H and O–H groups in total. The fourth-order valence-electron chi connectivity index (χ4n) is 2.95. The Morgan fingerprint density at radius 2 is 1.72 bits per heavy atom. The van der Waals surface area contributed by atoms with Crippen LogP contribution < -0.4 is 11.1 Å². The molecular weight excluding hydrogens is 425 g/mol. The number of hydrogen-bond donors (Lipinski definition) is 2. The molecule has 0 bridgehead atoms. The van der Waals surface area contributed by atoms with Gasteiger partial charge in [-0.2, -0.15) is 23.4 Å². The number of benzene rings is 1. The number of nitrogens with two attached hydrogens (primary N) is 1. The number of carbonyl (C=O) groups excluding carboxylic acids is 2. The number of primary amides is 1. The zero-order valence-electron chi connectivity index (χ0n) is 17.1. The third kappa shape index (κ3) is 5.23. The average Bonchev–Trinajstić information content (AvgIpc) is 2.74. The highest BCUT2D eigenvalue weighted by atomic mass is 19.4. The van der Waals surface area contributed by atoms with E-state index in [-0.39, 0.29) is 23.1 Å². The molecule has 0 aliphatic rings. The first-order valence-corrected chi connectivity index (χ1v) is 9.45. The molecule has 2 heterocycles. The second kappa shape index (κ2) is 9.08. The molecule has 1 aromatic carbocycles. The van der Waals surface area contributed by atoms with Crippen LogP contribution in [0.25, 0.3) is 0 Å². The highest BCUT2D eigenvalue weighted by Crippen LogP contribution is 2.34. The molecule has 11 heteroatoms. The predicted molar refractivity (Wildman–Crippen MR) is 109 cm³/mol. The second-order valence-electron chi connectivity index (χ2n) is 7.07. The molecular formula is C21H19F3N6O2. The van der Waals surface area contributed by atoms with Gasteiger partial charge in [0, 0.05) is 12.3 Å². The highest BCUT2D eigenvalue weighted by Gasteiger charge is 2.31. The van der Waals surface area contributed by atoms with Crippen molar-refractivity contribution in [3.63, 3.8) is 0 Å². The van der Waals surface area contributed by atoms with Gasteiger partial charge in [-0.05, 0) is 43.2 Å². The average molecular weight is 444 g/mol. The minimum Gasteiger partial charge on any atom is -0.364 e. The van der Waals surface area contributed by atoms with Crippen LogP contribution in [-0.2, 0) is 11.0 Å². The van der Waals surface area contributed by atoms with Gasteiger partial charge in [0.15, 0.2) is 5.78 Å². The van der Waals surface area contributed by atoms with Crippen molar-refractivity contribution in [3.05, 3.63) is 77.0 Å². The van der Waals surface area contributed by atoms with Crippen molar-refractivity contribution in [1.29, 1.82) is 0 Å². The summed E-state index contributed by atoms with van der Waals surface area (Å²) in [6.07, 6.45) is -1.65. The van der Waals surface area contributed by atoms with Gasteiger partial charge in [0.1, 0.15) is 17.3 Å². The Labute approximate surface area is 181 Å². The molecule has 32 heavy (non-hydrogen) atoms. The van der Waals surface area contributed by atoms with E-state index in [2.05, 4.69) is 25.5 Å². The molecule has 2 atom stereocenters. The van der Waals surface area contributed by atoms with E-state index in [0.717, 1.165) is 12.1 Å². The summed E-state index contributed by atoms with van der Waals surface area (Å²) in [5.41, 5.74) is 5.45. The number of carbonyl (C=O) groups is 2. The number of ketones is 1. The minimum atomic E-state index is -4.49. The van der Waals surface area contributed by atoms with Gasteiger partial charge in [0.2, 0.25) is 0 Å². The van der Waals surface area contributed by atoms with E-state index in [9.17, 15) is 22.8 Å². The van der Waals surface area contributed by atoms with E-state index in [1.165, 1.54) is 37.5 Å². The minimum absolute atomic E-state index is 0.0901. The molecule has 0 saturated heterocycles. The Morgan fingerprint density at radius 1 is 1.03 bits per heavy atom. The number of amides is 1. The molecule has 2 aromatic heterocycles. The monoisotopic (exact) mass is 444 g/mol. The lowest BCUT2D eigenvalue weighted by molar-refractivity contribution is -0.137. The van der Waals surface area contributed by atoms with Gasteiger partial charge >= 0.3 is 6.18 Å². The number of anilines is 1. The summed E-state index contributed by atoms with van der Waals surface area (Å²) >= 11 is 0. The maximum atomic E-state index is 13.0. The number of alkyl halides is 3. The smallest absolute Gasteiger partial charge is 0.364 e. The molecule has 0 fully saturated rings. The van der Waals surface area contributed by atoms with Crippen LogP contribution in [0.4, 0.5) is 19.0 Å². The fourth-order valence-corrected chi connectivity index (χ4v) is 2.95. The van der Waals surface area contributed by atoms with Crippen LogP contribution in [-0.4, -0.2) is 37.9 Å². The largest absolute Gasteiger partial charge is 0.416 e. The van der Waals surface area contributed by atoms with Gasteiger partial charge in [-0.1, -0.05) is 12.1 Å². The molecule has 166 valence electrons. The van der Waals surface area contributed by atoms with Gasteiger partial charge in [-0.3, -0.25) is 9.59 Å². The summed E-state index contributed by atoms with van der Waals surface area (Å²) in [5.74, 6) is -1.51. The maximum absolute atomic E-state index is 13.0. The van der Waals surface area contributed by atoms with Gasteiger partial charge in [-0.15, -0.1) is 0 Å². The quantitative estimate of drug-likeness (QED) is 0.574. The number of halogens is 3. The van der Waals surface area contributed by atoms with E-state index in [4.69, 9.17) is 5.73 Å². The summed E-state index contributed by atoms with van der Waals surface area (Å²) in [7, 11) is 0. The van der Waals surface area contributed by atoms with Crippen LogP contribution in [0.15, 0.2) is 48.8 Å². The van der Waals surface area contributed by atoms with Crippen LogP contribution in [0.1, 0.15) is 52.8 Å². The van der Waals surface area contributed by atoms with E-state index in [1.54, 1.807) is 13.0 Å². The molecule has 0 aliphatic carbocycles. The van der Waals surface area contributed by atoms with Crippen molar-refractivity contribution in [2.45, 2.75) is 32.0 Å². The van der Waals surface area contributed by atoms with Gasteiger partial charge in [-0.25, -0.2) is 9.97 Å². The Morgan fingerprint density at radius 3 is 2.25 bits per heavy atom. The van der Waals surface area contributed by atoms with Crippen molar-refractivity contribution < 1.29 is 22.8 Å². The van der Waals surface area contributed by atoms with Crippen LogP contribution in [0, 0.1) is 0 Å². The first-order valence-electron chi connectivity index (χ1n) is 9.45. The number of aromatic nitrogens is 4. The van der Waals surface area contributed by atoms with Crippen LogP contribution in [0.3, 0.4) is 0 Å². The van der Waals surface area contributed by atoms with E-state index in [1.807, 2.05) is 0 Å². The first-order chi connectivity index (χ1) is 15.1. The third-order valence-electron chi connectivity index (χ3n) is 4.74. The SMILES string of the molecule is CC(=O)[C@H](C)Nc1cc(C(N)=O)nc(C(c2ccc(C(F)(F)F)cc2)c2ccnnc2)n1. The molecule has 0 aliphatic heterocycles. The number of rotatable bonds is 7. The number of hydrogen-bond acceptors (Lipinski definition) is 7. The van der Waals surface area contributed by atoms with Gasteiger partial charge in [0.25, 0.3) is 5.91 Å². The molecule has 3 rings (SSSR count). The van der Waals surface area contributed by atoms with E-state index < -0.39 is 29.6 Å². The van der Waals surface area contributed by atoms with Crippen molar-refractivity contribution in [2.24, 2.45) is 5.73 Å². The Hall–Kier alpha value is -3.89. The first kappa shape index (κ1) is 22.8. The third-order valence-corrected chi connectivity index (χ3v) is 4.74. The molecule has 0 saturated carbocycles. The van der Waals surface area contributed by atoms with E-state index in [0.29, 0.717) is 11.1 Å². The van der Waals surface area contributed by atoms with E-state index >= 15 is 0 Å². The predicted octanol–water partition coefficient (Wildman–Crippen LogP) is 2.95.